The number of benzene rings is 2. The number of anilines is 1. The highest BCUT2D eigenvalue weighted by molar-refractivity contribution is 5.99. The maximum atomic E-state index is 12.1. The van der Waals surface area contributed by atoms with Crippen LogP contribution in [0.3, 0.4) is 0 Å². The van der Waals surface area contributed by atoms with Crippen LogP contribution in [-0.2, 0) is 4.79 Å². The zero-order valence-corrected chi connectivity index (χ0v) is 14.0. The molecule has 2 aromatic rings. The number of hydrogen-bond acceptors (Lipinski definition) is 4. The monoisotopic (exact) mass is 364 g/mol. The Kier molecular flexibility index (Phi) is 6.90. The highest BCUT2D eigenvalue weighted by Gasteiger charge is 2.10. The Morgan fingerprint density at radius 2 is 1.62 bits per heavy atom. The number of ether oxygens (including phenoxy) is 2. The fourth-order valence-corrected chi connectivity index (χ4v) is 2.06. The number of carbonyl (C=O) groups is 2. The third kappa shape index (κ3) is 6.04. The van der Waals surface area contributed by atoms with Gasteiger partial charge < -0.3 is 20.1 Å². The van der Waals surface area contributed by atoms with Gasteiger partial charge in [-0.25, -0.2) is 0 Å². The Bertz CT molecular complexity index is 734. The van der Waals surface area contributed by atoms with Crippen molar-refractivity contribution in [2.24, 2.45) is 0 Å². The third-order valence-electron chi connectivity index (χ3n) is 3.20. The highest BCUT2D eigenvalue weighted by Crippen LogP contribution is 2.16. The van der Waals surface area contributed by atoms with Crippen molar-refractivity contribution >= 4 is 17.5 Å². The van der Waals surface area contributed by atoms with Crippen LogP contribution < -0.4 is 20.1 Å². The second-order valence-electron chi connectivity index (χ2n) is 5.09. The van der Waals surface area contributed by atoms with Crippen molar-refractivity contribution in [3.8, 4) is 11.5 Å². The summed E-state index contributed by atoms with van der Waals surface area (Å²) in [4.78, 5) is 23.8. The van der Waals surface area contributed by atoms with Crippen molar-refractivity contribution in [2.45, 2.75) is 13.5 Å². The zero-order chi connectivity index (χ0) is 18.9. The van der Waals surface area contributed by atoms with E-state index in [1.807, 2.05) is 6.92 Å². The van der Waals surface area contributed by atoms with Gasteiger partial charge in [-0.05, 0) is 55.5 Å². The highest BCUT2D eigenvalue weighted by atomic mass is 19.3. The summed E-state index contributed by atoms with van der Waals surface area (Å²) >= 11 is 0. The molecule has 8 heteroatoms. The van der Waals surface area contributed by atoms with Crippen molar-refractivity contribution < 1.29 is 27.8 Å². The summed E-state index contributed by atoms with van der Waals surface area (Å²) in [7, 11) is 0. The van der Waals surface area contributed by atoms with Gasteiger partial charge in [-0.3, -0.25) is 9.59 Å². The van der Waals surface area contributed by atoms with E-state index in [2.05, 4.69) is 15.4 Å². The SMILES string of the molecule is CCOc1ccc(NC(=O)CNC(=O)c2ccc(OC(F)F)cc2)cc1. The largest absolute Gasteiger partial charge is 0.494 e. The summed E-state index contributed by atoms with van der Waals surface area (Å²) in [5.74, 6) is -0.265. The molecular weight excluding hydrogens is 346 g/mol. The number of nitrogens with one attached hydrogen (secondary N) is 2. The van der Waals surface area contributed by atoms with Crippen molar-refractivity contribution in [1.29, 1.82) is 0 Å². The number of hydrogen-bond donors (Lipinski definition) is 2. The van der Waals surface area contributed by atoms with Gasteiger partial charge >= 0.3 is 6.61 Å². The quantitative estimate of drug-likeness (QED) is 0.755. The molecule has 0 atom stereocenters. The van der Waals surface area contributed by atoms with Gasteiger partial charge in [0.1, 0.15) is 11.5 Å². The molecule has 0 fully saturated rings. The molecule has 0 bridgehead atoms. The van der Waals surface area contributed by atoms with Crippen molar-refractivity contribution in [3.05, 3.63) is 54.1 Å². The number of amides is 2. The predicted molar refractivity (Wildman–Crippen MR) is 91.6 cm³/mol. The summed E-state index contributed by atoms with van der Waals surface area (Å²) < 4.78 is 33.7. The first kappa shape index (κ1) is 19.2. The molecule has 0 aliphatic heterocycles. The molecule has 0 unspecified atom stereocenters. The van der Waals surface area contributed by atoms with Crippen LogP contribution in [0.25, 0.3) is 0 Å². The molecule has 6 nitrogen and oxygen atoms in total. The van der Waals surface area contributed by atoms with Gasteiger partial charge in [0, 0.05) is 11.3 Å². The van der Waals surface area contributed by atoms with Crippen LogP contribution in [0, 0.1) is 0 Å². The summed E-state index contributed by atoms with van der Waals surface area (Å²) in [5, 5.41) is 5.08. The molecular formula is C18H18F2N2O4. The van der Waals surface area contributed by atoms with E-state index in [1.165, 1.54) is 24.3 Å². The molecule has 0 aliphatic carbocycles. The van der Waals surface area contributed by atoms with E-state index in [4.69, 9.17) is 4.74 Å². The maximum Gasteiger partial charge on any atom is 0.387 e. The average Bonchev–Trinajstić information content (AvgIpc) is 2.62. The summed E-state index contributed by atoms with van der Waals surface area (Å²) in [5.41, 5.74) is 0.793. The van der Waals surface area contributed by atoms with Gasteiger partial charge in [0.05, 0.1) is 13.2 Å². The van der Waals surface area contributed by atoms with Gasteiger partial charge in [-0.2, -0.15) is 8.78 Å². The smallest absolute Gasteiger partial charge is 0.387 e. The van der Waals surface area contributed by atoms with Gasteiger partial charge in [-0.15, -0.1) is 0 Å². The number of rotatable bonds is 8. The lowest BCUT2D eigenvalue weighted by Gasteiger charge is -2.09. The topological polar surface area (TPSA) is 76.7 Å². The lowest BCUT2D eigenvalue weighted by atomic mass is 10.2. The summed E-state index contributed by atoms with van der Waals surface area (Å²) in [6.07, 6.45) is 0. The van der Waals surface area contributed by atoms with E-state index in [1.54, 1.807) is 24.3 Å². The first-order valence-electron chi connectivity index (χ1n) is 7.83. The van der Waals surface area contributed by atoms with E-state index >= 15 is 0 Å². The average molecular weight is 364 g/mol. The van der Waals surface area contributed by atoms with Gasteiger partial charge in [0.15, 0.2) is 0 Å². The molecule has 26 heavy (non-hydrogen) atoms. The lowest BCUT2D eigenvalue weighted by molar-refractivity contribution is -0.115. The molecule has 2 rings (SSSR count). The van der Waals surface area contributed by atoms with Crippen LogP contribution in [0.4, 0.5) is 14.5 Å². The van der Waals surface area contributed by atoms with Gasteiger partial charge in [0.25, 0.3) is 5.91 Å². The molecule has 0 radical (unpaired) electrons. The Hall–Kier alpha value is -3.16. The molecule has 0 saturated carbocycles. The number of halogens is 2. The maximum absolute atomic E-state index is 12.1. The van der Waals surface area contributed by atoms with E-state index in [9.17, 15) is 18.4 Å². The minimum absolute atomic E-state index is 0.0511. The normalized spacial score (nSPS) is 10.3. The third-order valence-corrected chi connectivity index (χ3v) is 3.20. The fourth-order valence-electron chi connectivity index (χ4n) is 2.06. The molecule has 2 amide bonds. The standard InChI is InChI=1S/C18H18F2N2O4/c1-2-25-14-9-5-13(6-10-14)22-16(23)11-21-17(24)12-3-7-15(8-4-12)26-18(19)20/h3-10,18H,2,11H2,1H3,(H,21,24)(H,22,23). The molecule has 0 aliphatic rings. The van der Waals surface area contributed by atoms with Crippen LogP contribution in [0.1, 0.15) is 17.3 Å². The first-order valence-corrected chi connectivity index (χ1v) is 7.83. The van der Waals surface area contributed by atoms with E-state index < -0.39 is 18.4 Å². The molecule has 0 heterocycles. The number of alkyl halides is 2. The Balaban J connectivity index is 1.81. The minimum atomic E-state index is -2.93. The molecule has 0 spiro atoms. The molecule has 138 valence electrons. The van der Waals surface area contributed by atoms with Gasteiger partial charge in [0.2, 0.25) is 5.91 Å². The Morgan fingerprint density at radius 3 is 2.19 bits per heavy atom. The van der Waals surface area contributed by atoms with Crippen LogP contribution in [0.2, 0.25) is 0 Å². The summed E-state index contributed by atoms with van der Waals surface area (Å²) in [6, 6.07) is 12.0. The van der Waals surface area contributed by atoms with Gasteiger partial charge in [-0.1, -0.05) is 0 Å². The minimum Gasteiger partial charge on any atom is -0.494 e. The van der Waals surface area contributed by atoms with Crippen molar-refractivity contribution in [1.82, 2.24) is 5.32 Å². The summed E-state index contributed by atoms with van der Waals surface area (Å²) in [6.45, 7) is -0.743. The molecule has 0 aromatic heterocycles. The number of carbonyl (C=O) groups excluding carboxylic acids is 2. The van der Waals surface area contributed by atoms with Crippen LogP contribution in [-0.4, -0.2) is 31.6 Å². The van der Waals surface area contributed by atoms with Crippen molar-refractivity contribution in [2.75, 3.05) is 18.5 Å². The van der Waals surface area contributed by atoms with Crippen molar-refractivity contribution in [3.63, 3.8) is 0 Å². The Labute approximate surface area is 149 Å². The van der Waals surface area contributed by atoms with E-state index in [0.29, 0.717) is 18.0 Å². The molecule has 2 N–H and O–H groups in total. The Morgan fingerprint density at radius 1 is 1.00 bits per heavy atom. The fraction of sp³-hybridized carbons (Fsp3) is 0.222. The predicted octanol–water partition coefficient (Wildman–Crippen LogP) is 3.06. The van der Waals surface area contributed by atoms with E-state index in [0.717, 1.165) is 0 Å². The van der Waals surface area contributed by atoms with Crippen LogP contribution in [0.15, 0.2) is 48.5 Å². The van der Waals surface area contributed by atoms with Crippen LogP contribution >= 0.6 is 0 Å². The van der Waals surface area contributed by atoms with Crippen LogP contribution in [0.5, 0.6) is 11.5 Å². The van der Waals surface area contributed by atoms with E-state index in [-0.39, 0.29) is 17.9 Å². The molecule has 0 saturated heterocycles. The zero-order valence-electron chi connectivity index (χ0n) is 14.0. The molecule has 2 aromatic carbocycles. The lowest BCUT2D eigenvalue weighted by Crippen LogP contribution is -2.32. The first-order chi connectivity index (χ1) is 12.5. The second-order valence-corrected chi connectivity index (χ2v) is 5.09. The second kappa shape index (κ2) is 9.36.